The van der Waals surface area contributed by atoms with Gasteiger partial charge in [-0.25, -0.2) is 9.59 Å². The van der Waals surface area contributed by atoms with Gasteiger partial charge >= 0.3 is 12.1 Å². The molecule has 0 bridgehead atoms. The van der Waals surface area contributed by atoms with Gasteiger partial charge in [0.05, 0.1) is 0 Å². The second-order valence-electron chi connectivity index (χ2n) is 7.75. The van der Waals surface area contributed by atoms with Crippen molar-refractivity contribution in [3.8, 4) is 11.1 Å². The summed E-state index contributed by atoms with van der Waals surface area (Å²) in [6.07, 6.45) is -0.334. The maximum atomic E-state index is 12.4. The normalized spacial score (nSPS) is 14.1. The summed E-state index contributed by atoms with van der Waals surface area (Å²) >= 11 is 0. The molecule has 8 heteroatoms. The maximum absolute atomic E-state index is 12.4. The Morgan fingerprint density at radius 1 is 1.00 bits per heavy atom. The molecule has 0 unspecified atom stereocenters. The minimum atomic E-state index is -1.22. The summed E-state index contributed by atoms with van der Waals surface area (Å²) in [6.45, 7) is 1.62. The van der Waals surface area contributed by atoms with Crippen LogP contribution in [-0.4, -0.2) is 53.5 Å². The van der Waals surface area contributed by atoms with Crippen LogP contribution in [-0.2, 0) is 14.3 Å². The summed E-state index contributed by atoms with van der Waals surface area (Å²) in [7, 11) is 0. The van der Waals surface area contributed by atoms with Crippen molar-refractivity contribution in [1.82, 2.24) is 10.6 Å². The maximum Gasteiger partial charge on any atom is 0.407 e. The molecule has 0 aliphatic heterocycles. The lowest BCUT2D eigenvalue weighted by Gasteiger charge is -2.20. The van der Waals surface area contributed by atoms with Gasteiger partial charge in [0.1, 0.15) is 12.6 Å². The van der Waals surface area contributed by atoms with Crippen LogP contribution in [0.1, 0.15) is 43.2 Å². The Morgan fingerprint density at radius 3 is 2.12 bits per heavy atom. The summed E-state index contributed by atoms with van der Waals surface area (Å²) in [4.78, 5) is 35.7. The van der Waals surface area contributed by atoms with Crippen molar-refractivity contribution in [3.63, 3.8) is 0 Å². The van der Waals surface area contributed by atoms with Crippen molar-refractivity contribution in [1.29, 1.82) is 0 Å². The van der Waals surface area contributed by atoms with E-state index < -0.39 is 30.1 Å². The first-order valence-electron chi connectivity index (χ1n) is 10.7. The van der Waals surface area contributed by atoms with Crippen molar-refractivity contribution in [2.75, 3.05) is 13.2 Å². The predicted octanol–water partition coefficient (Wildman–Crippen LogP) is 2.65. The Morgan fingerprint density at radius 2 is 1.59 bits per heavy atom. The van der Waals surface area contributed by atoms with E-state index in [1.54, 1.807) is 0 Å². The zero-order valence-corrected chi connectivity index (χ0v) is 17.9. The van der Waals surface area contributed by atoms with Crippen LogP contribution < -0.4 is 10.6 Å². The number of hydrogen-bond acceptors (Lipinski definition) is 5. The average molecular weight is 440 g/mol. The Bertz CT molecular complexity index is 931. The largest absolute Gasteiger partial charge is 0.480 e. The highest BCUT2D eigenvalue weighted by Crippen LogP contribution is 2.44. The molecule has 2 aromatic rings. The molecule has 8 nitrogen and oxygen atoms in total. The van der Waals surface area contributed by atoms with Crippen molar-refractivity contribution in [2.45, 2.75) is 44.2 Å². The number of nitrogens with one attached hydrogen (secondary N) is 2. The minimum absolute atomic E-state index is 0.0636. The molecule has 0 saturated heterocycles. The third kappa shape index (κ3) is 5.45. The van der Waals surface area contributed by atoms with Gasteiger partial charge in [-0.15, -0.1) is 0 Å². The number of carboxylic acids is 1. The molecule has 0 saturated carbocycles. The molecule has 0 spiro atoms. The van der Waals surface area contributed by atoms with E-state index in [1.807, 2.05) is 43.3 Å². The SMILES string of the molecule is CC[C@@H](CC(=O)N[C@H](CCO)C(=O)O)NC(=O)OCC1c2ccccc2-c2ccccc21. The van der Waals surface area contributed by atoms with E-state index in [0.717, 1.165) is 22.3 Å². The highest BCUT2D eigenvalue weighted by Gasteiger charge is 2.29. The molecule has 3 rings (SSSR count). The Labute approximate surface area is 186 Å². The zero-order chi connectivity index (χ0) is 23.1. The van der Waals surface area contributed by atoms with Gasteiger partial charge in [-0.05, 0) is 28.7 Å². The van der Waals surface area contributed by atoms with Crippen molar-refractivity contribution < 1.29 is 29.3 Å². The lowest BCUT2D eigenvalue weighted by molar-refractivity contribution is -0.142. The van der Waals surface area contributed by atoms with Crippen LogP contribution >= 0.6 is 0 Å². The van der Waals surface area contributed by atoms with Gasteiger partial charge in [-0.2, -0.15) is 0 Å². The lowest BCUT2D eigenvalue weighted by Crippen LogP contribution is -2.45. The number of aliphatic hydroxyl groups excluding tert-OH is 1. The van der Waals surface area contributed by atoms with Gasteiger partial charge in [-0.1, -0.05) is 55.5 Å². The molecule has 1 aliphatic carbocycles. The molecule has 4 N–H and O–H groups in total. The number of amides is 2. The van der Waals surface area contributed by atoms with Gasteiger partial charge in [0, 0.05) is 31.4 Å². The average Bonchev–Trinajstić information content (AvgIpc) is 3.10. The number of aliphatic carboxylic acids is 1. The van der Waals surface area contributed by atoms with Crippen LogP contribution in [0.4, 0.5) is 4.79 Å². The summed E-state index contributed by atoms with van der Waals surface area (Å²) in [5.74, 6) is -1.80. The van der Waals surface area contributed by atoms with E-state index in [2.05, 4.69) is 22.8 Å². The topological polar surface area (TPSA) is 125 Å². The van der Waals surface area contributed by atoms with Crippen molar-refractivity contribution in [2.24, 2.45) is 0 Å². The fraction of sp³-hybridized carbons (Fsp3) is 0.375. The van der Waals surface area contributed by atoms with Gasteiger partial charge in [0.15, 0.2) is 0 Å². The predicted molar refractivity (Wildman–Crippen MR) is 118 cm³/mol. The molecule has 1 aliphatic rings. The van der Waals surface area contributed by atoms with E-state index in [4.69, 9.17) is 14.9 Å². The fourth-order valence-corrected chi connectivity index (χ4v) is 3.97. The van der Waals surface area contributed by atoms with Gasteiger partial charge in [0.25, 0.3) is 0 Å². The van der Waals surface area contributed by atoms with Crippen molar-refractivity contribution in [3.05, 3.63) is 59.7 Å². The highest BCUT2D eigenvalue weighted by atomic mass is 16.5. The summed E-state index contributed by atoms with van der Waals surface area (Å²) in [6, 6.07) is 14.4. The van der Waals surface area contributed by atoms with E-state index in [0.29, 0.717) is 6.42 Å². The van der Waals surface area contributed by atoms with Crippen molar-refractivity contribution >= 4 is 18.0 Å². The Kier molecular flexibility index (Phi) is 7.83. The van der Waals surface area contributed by atoms with E-state index in [1.165, 1.54) is 0 Å². The first-order chi connectivity index (χ1) is 15.4. The molecule has 0 radical (unpaired) electrons. The molecule has 2 aromatic carbocycles. The monoisotopic (exact) mass is 440 g/mol. The van der Waals surface area contributed by atoms with Gasteiger partial charge < -0.3 is 25.6 Å². The third-order valence-electron chi connectivity index (χ3n) is 5.64. The highest BCUT2D eigenvalue weighted by molar-refractivity contribution is 5.84. The first kappa shape index (κ1) is 23.3. The van der Waals surface area contributed by atoms with Crippen LogP contribution in [0.3, 0.4) is 0 Å². The molecule has 0 fully saturated rings. The summed E-state index contributed by atoms with van der Waals surface area (Å²) in [5, 5.41) is 23.1. The number of aliphatic hydroxyl groups is 1. The number of carbonyl (C=O) groups excluding carboxylic acids is 2. The number of rotatable bonds is 10. The third-order valence-corrected chi connectivity index (χ3v) is 5.64. The summed E-state index contributed by atoms with van der Waals surface area (Å²) in [5.41, 5.74) is 4.49. The van der Waals surface area contributed by atoms with Crippen LogP contribution in [0.25, 0.3) is 11.1 Å². The smallest absolute Gasteiger partial charge is 0.407 e. The number of hydrogen-bond donors (Lipinski definition) is 4. The van der Waals surface area contributed by atoms with Crippen LogP contribution in [0.5, 0.6) is 0 Å². The van der Waals surface area contributed by atoms with Crippen LogP contribution in [0.15, 0.2) is 48.5 Å². The molecule has 170 valence electrons. The van der Waals surface area contributed by atoms with E-state index in [9.17, 15) is 14.4 Å². The van der Waals surface area contributed by atoms with Gasteiger partial charge in [0.2, 0.25) is 5.91 Å². The molecule has 0 heterocycles. The number of benzene rings is 2. The van der Waals surface area contributed by atoms with E-state index in [-0.39, 0.29) is 32.0 Å². The second kappa shape index (κ2) is 10.8. The first-order valence-corrected chi connectivity index (χ1v) is 10.7. The minimum Gasteiger partial charge on any atom is -0.480 e. The second-order valence-corrected chi connectivity index (χ2v) is 7.75. The number of carbonyl (C=O) groups is 3. The Hall–Kier alpha value is -3.39. The van der Waals surface area contributed by atoms with Gasteiger partial charge in [-0.3, -0.25) is 4.79 Å². The lowest BCUT2D eigenvalue weighted by atomic mass is 9.98. The van der Waals surface area contributed by atoms with Crippen LogP contribution in [0.2, 0.25) is 0 Å². The van der Waals surface area contributed by atoms with E-state index >= 15 is 0 Å². The fourth-order valence-electron chi connectivity index (χ4n) is 3.97. The summed E-state index contributed by atoms with van der Waals surface area (Å²) < 4.78 is 5.50. The standard InChI is InChI=1S/C24H28N2O6/c1-2-15(13-22(28)26-21(11-12-27)23(29)30)25-24(31)32-14-20-18-9-5-3-7-16(18)17-8-4-6-10-19(17)20/h3-10,15,20-21,27H,2,11-14H2,1H3,(H,25,31)(H,26,28)(H,29,30)/t15-,21+/m0/s1. The number of carboxylic acid groups (broad SMARTS) is 1. The number of alkyl carbamates (subject to hydrolysis) is 1. The van der Waals surface area contributed by atoms with Crippen LogP contribution in [0, 0.1) is 0 Å². The number of fused-ring (bicyclic) bond motifs is 3. The quantitative estimate of drug-likeness (QED) is 0.450. The zero-order valence-electron chi connectivity index (χ0n) is 17.9. The number of ether oxygens (including phenoxy) is 1. The molecular formula is C24H28N2O6. The Balaban J connectivity index is 1.56. The molecule has 0 aromatic heterocycles. The molecule has 32 heavy (non-hydrogen) atoms. The molecule has 2 amide bonds. The molecule has 2 atom stereocenters. The molecular weight excluding hydrogens is 412 g/mol.